The van der Waals surface area contributed by atoms with E-state index in [0.717, 1.165) is 23.1 Å². The Bertz CT molecular complexity index is 520. The van der Waals surface area contributed by atoms with E-state index in [0.29, 0.717) is 5.41 Å². The number of unbranched alkanes of at least 4 members (excludes halogenated alkanes) is 3. The fourth-order valence-electron chi connectivity index (χ4n) is 4.40. The fraction of sp³-hybridized carbons (Fsp3) is 0.684. The molecule has 3 rings (SSSR count). The number of benzene rings is 1. The molecular formula is C19H27Cl2N. The number of anilines is 1. The van der Waals surface area contributed by atoms with Crippen LogP contribution in [0.1, 0.15) is 70.3 Å². The van der Waals surface area contributed by atoms with Crippen molar-refractivity contribution in [2.24, 2.45) is 0 Å². The Labute approximate surface area is 145 Å². The van der Waals surface area contributed by atoms with Crippen LogP contribution in [0.15, 0.2) is 12.1 Å². The van der Waals surface area contributed by atoms with Crippen LogP contribution >= 0.6 is 23.2 Å². The Kier molecular flexibility index (Phi) is 5.24. The van der Waals surface area contributed by atoms with E-state index in [-0.39, 0.29) is 0 Å². The van der Waals surface area contributed by atoms with Crippen LogP contribution in [0.5, 0.6) is 0 Å². The second kappa shape index (κ2) is 7.01. The van der Waals surface area contributed by atoms with Crippen LogP contribution in [0.25, 0.3) is 0 Å². The predicted octanol–water partition coefficient (Wildman–Crippen LogP) is 6.60. The van der Waals surface area contributed by atoms with Crippen molar-refractivity contribution in [3.63, 3.8) is 0 Å². The standard InChI is InChI=1S/C19H27Cl2N/c1-2-3-4-8-11-22-14-19(9-6-5-7-10-19)16-12-15(20)13-17(21)18(16)22/h12-13H,2-11,14H2,1H3. The van der Waals surface area contributed by atoms with Gasteiger partial charge in [-0.2, -0.15) is 0 Å². The Hall–Kier alpha value is -0.400. The predicted molar refractivity (Wildman–Crippen MR) is 97.6 cm³/mol. The lowest BCUT2D eigenvalue weighted by Gasteiger charge is -2.34. The van der Waals surface area contributed by atoms with Crippen molar-refractivity contribution in [1.29, 1.82) is 0 Å². The summed E-state index contributed by atoms with van der Waals surface area (Å²) in [5.74, 6) is 0. The Morgan fingerprint density at radius 3 is 2.55 bits per heavy atom. The largest absolute Gasteiger partial charge is 0.369 e. The van der Waals surface area contributed by atoms with Crippen molar-refractivity contribution in [2.45, 2.75) is 70.1 Å². The minimum absolute atomic E-state index is 0.312. The molecule has 1 aromatic carbocycles. The van der Waals surface area contributed by atoms with Crippen LogP contribution in [-0.2, 0) is 5.41 Å². The molecule has 0 saturated heterocycles. The number of fused-ring (bicyclic) bond motifs is 2. The molecule has 0 atom stereocenters. The monoisotopic (exact) mass is 339 g/mol. The van der Waals surface area contributed by atoms with Gasteiger partial charge >= 0.3 is 0 Å². The molecule has 1 nitrogen and oxygen atoms in total. The minimum Gasteiger partial charge on any atom is -0.369 e. The molecule has 0 unspecified atom stereocenters. The lowest BCUT2D eigenvalue weighted by atomic mass is 9.71. The summed E-state index contributed by atoms with van der Waals surface area (Å²) in [7, 11) is 0. The van der Waals surface area contributed by atoms with Gasteiger partial charge in [-0.1, -0.05) is 68.7 Å². The molecule has 0 radical (unpaired) electrons. The smallest absolute Gasteiger partial charge is 0.0657 e. The lowest BCUT2D eigenvalue weighted by Crippen LogP contribution is -2.35. The Morgan fingerprint density at radius 1 is 1.05 bits per heavy atom. The third kappa shape index (κ3) is 3.12. The first-order chi connectivity index (χ1) is 10.7. The summed E-state index contributed by atoms with van der Waals surface area (Å²) in [6, 6.07) is 4.11. The quantitative estimate of drug-likeness (QED) is 0.546. The highest BCUT2D eigenvalue weighted by Crippen LogP contribution is 2.52. The van der Waals surface area contributed by atoms with Crippen molar-refractivity contribution in [1.82, 2.24) is 0 Å². The number of halogens is 2. The van der Waals surface area contributed by atoms with Crippen molar-refractivity contribution in [3.05, 3.63) is 27.7 Å². The molecule has 122 valence electrons. The first kappa shape index (κ1) is 16.5. The molecule has 1 spiro atoms. The Balaban J connectivity index is 1.86. The maximum absolute atomic E-state index is 6.59. The van der Waals surface area contributed by atoms with Gasteiger partial charge in [0.1, 0.15) is 0 Å². The molecule has 3 heteroatoms. The minimum atomic E-state index is 0.312. The maximum atomic E-state index is 6.59. The summed E-state index contributed by atoms with van der Waals surface area (Å²) < 4.78 is 0. The van der Waals surface area contributed by atoms with Gasteiger partial charge in [0.15, 0.2) is 0 Å². The van der Waals surface area contributed by atoms with Gasteiger partial charge in [0.05, 0.1) is 10.7 Å². The third-order valence-electron chi connectivity index (χ3n) is 5.50. The van der Waals surface area contributed by atoms with E-state index < -0.39 is 0 Å². The van der Waals surface area contributed by atoms with Crippen LogP contribution in [0.3, 0.4) is 0 Å². The number of hydrogen-bond donors (Lipinski definition) is 0. The number of hydrogen-bond acceptors (Lipinski definition) is 1. The molecule has 1 aliphatic carbocycles. The van der Waals surface area contributed by atoms with Gasteiger partial charge in [0.25, 0.3) is 0 Å². The van der Waals surface area contributed by atoms with E-state index in [1.54, 1.807) is 0 Å². The molecule has 1 heterocycles. The lowest BCUT2D eigenvalue weighted by molar-refractivity contribution is 0.310. The second-order valence-corrected chi connectivity index (χ2v) is 7.95. The highest BCUT2D eigenvalue weighted by Gasteiger charge is 2.44. The average Bonchev–Trinajstić information content (AvgIpc) is 2.78. The Morgan fingerprint density at radius 2 is 1.82 bits per heavy atom. The van der Waals surface area contributed by atoms with Gasteiger partial charge in [-0.15, -0.1) is 0 Å². The molecule has 0 aromatic heterocycles. The molecule has 0 bridgehead atoms. The molecule has 0 N–H and O–H groups in total. The van der Waals surface area contributed by atoms with Gasteiger partial charge in [-0.3, -0.25) is 0 Å². The molecule has 1 fully saturated rings. The summed E-state index contributed by atoms with van der Waals surface area (Å²) >= 11 is 12.9. The second-order valence-electron chi connectivity index (χ2n) is 7.11. The van der Waals surface area contributed by atoms with Crippen molar-refractivity contribution in [3.8, 4) is 0 Å². The normalized spacial score (nSPS) is 19.7. The molecule has 1 aromatic rings. The number of nitrogens with zero attached hydrogens (tertiary/aromatic N) is 1. The zero-order valence-corrected chi connectivity index (χ0v) is 15.1. The van der Waals surface area contributed by atoms with Gasteiger partial charge in [0, 0.05) is 23.5 Å². The van der Waals surface area contributed by atoms with E-state index in [1.165, 1.54) is 69.0 Å². The third-order valence-corrected chi connectivity index (χ3v) is 6.01. The van der Waals surface area contributed by atoms with Crippen LogP contribution in [0.2, 0.25) is 10.0 Å². The molecule has 2 aliphatic rings. The highest BCUT2D eigenvalue weighted by atomic mass is 35.5. The topological polar surface area (TPSA) is 3.24 Å². The fourth-order valence-corrected chi connectivity index (χ4v) is 5.01. The molecular weight excluding hydrogens is 313 g/mol. The molecule has 1 saturated carbocycles. The van der Waals surface area contributed by atoms with Gasteiger partial charge in [-0.25, -0.2) is 0 Å². The van der Waals surface area contributed by atoms with Crippen LogP contribution in [-0.4, -0.2) is 13.1 Å². The zero-order valence-electron chi connectivity index (χ0n) is 13.6. The average molecular weight is 340 g/mol. The van der Waals surface area contributed by atoms with Gasteiger partial charge in [-0.05, 0) is 37.0 Å². The van der Waals surface area contributed by atoms with Crippen molar-refractivity contribution < 1.29 is 0 Å². The van der Waals surface area contributed by atoms with Crippen molar-refractivity contribution >= 4 is 28.9 Å². The number of rotatable bonds is 5. The van der Waals surface area contributed by atoms with Gasteiger partial charge in [0.2, 0.25) is 0 Å². The molecule has 1 aliphatic heterocycles. The summed E-state index contributed by atoms with van der Waals surface area (Å²) in [5.41, 5.74) is 3.03. The first-order valence-corrected chi connectivity index (χ1v) is 9.66. The van der Waals surface area contributed by atoms with E-state index in [2.05, 4.69) is 17.9 Å². The van der Waals surface area contributed by atoms with E-state index in [9.17, 15) is 0 Å². The summed E-state index contributed by atoms with van der Waals surface area (Å²) in [4.78, 5) is 2.55. The highest BCUT2D eigenvalue weighted by molar-refractivity contribution is 6.36. The SMILES string of the molecule is CCCCCCN1CC2(CCCCC2)c2cc(Cl)cc(Cl)c21. The first-order valence-electron chi connectivity index (χ1n) is 8.91. The van der Waals surface area contributed by atoms with Crippen LogP contribution in [0, 0.1) is 0 Å². The summed E-state index contributed by atoms with van der Waals surface area (Å²) in [6.45, 7) is 4.55. The zero-order chi connectivity index (χ0) is 15.6. The van der Waals surface area contributed by atoms with Crippen LogP contribution < -0.4 is 4.90 Å². The molecule has 22 heavy (non-hydrogen) atoms. The van der Waals surface area contributed by atoms with Crippen molar-refractivity contribution in [2.75, 3.05) is 18.0 Å². The van der Waals surface area contributed by atoms with E-state index >= 15 is 0 Å². The van der Waals surface area contributed by atoms with Gasteiger partial charge < -0.3 is 4.90 Å². The summed E-state index contributed by atoms with van der Waals surface area (Å²) in [6.07, 6.45) is 11.9. The molecule has 0 amide bonds. The van der Waals surface area contributed by atoms with E-state index in [4.69, 9.17) is 23.2 Å². The van der Waals surface area contributed by atoms with Crippen LogP contribution in [0.4, 0.5) is 5.69 Å². The summed E-state index contributed by atoms with van der Waals surface area (Å²) in [5, 5.41) is 1.64. The van der Waals surface area contributed by atoms with E-state index in [1.807, 2.05) is 6.07 Å². The maximum Gasteiger partial charge on any atom is 0.0657 e.